The molecule has 3 unspecified atom stereocenters. The van der Waals surface area contributed by atoms with Gasteiger partial charge in [0.15, 0.2) is 0 Å². The first kappa shape index (κ1) is 25.2. The smallest absolute Gasteiger partial charge is 0.237 e. The van der Waals surface area contributed by atoms with Crippen LogP contribution in [-0.4, -0.2) is 55.7 Å². The number of hydrogen-bond acceptors (Lipinski definition) is 4. The molecule has 1 heterocycles. The van der Waals surface area contributed by atoms with Crippen molar-refractivity contribution in [3.63, 3.8) is 0 Å². The van der Waals surface area contributed by atoms with Crippen molar-refractivity contribution in [1.29, 1.82) is 0 Å². The molecule has 1 saturated heterocycles. The van der Waals surface area contributed by atoms with Crippen LogP contribution in [-0.2, 0) is 9.53 Å². The van der Waals surface area contributed by atoms with Gasteiger partial charge in [0.25, 0.3) is 0 Å². The summed E-state index contributed by atoms with van der Waals surface area (Å²) in [4.78, 5) is 14.5. The van der Waals surface area contributed by atoms with Crippen molar-refractivity contribution in [1.82, 2.24) is 10.2 Å². The summed E-state index contributed by atoms with van der Waals surface area (Å²) in [5, 5.41) is 3.13. The molecule has 0 spiro atoms. The minimum Gasteiger partial charge on any atom is -0.382 e. The van der Waals surface area contributed by atoms with Gasteiger partial charge in [-0.05, 0) is 32.1 Å². The lowest BCUT2D eigenvalue weighted by atomic mass is 9.93. The van der Waals surface area contributed by atoms with E-state index in [4.69, 9.17) is 10.5 Å². The van der Waals surface area contributed by atoms with E-state index in [1.807, 2.05) is 6.92 Å². The fraction of sp³-hybridized carbons (Fsp3) is 0.938. The fourth-order valence-corrected chi connectivity index (χ4v) is 2.92. The molecule has 0 radical (unpaired) electrons. The Morgan fingerprint density at radius 2 is 2.09 bits per heavy atom. The van der Waals surface area contributed by atoms with Gasteiger partial charge in [-0.15, -0.1) is 24.8 Å². The number of nitrogens with one attached hydrogen (secondary N) is 1. The van der Waals surface area contributed by atoms with Crippen LogP contribution in [0.3, 0.4) is 0 Å². The molecular weight excluding hydrogens is 337 g/mol. The number of carbonyl (C=O) groups excluding carboxylic acids is 1. The summed E-state index contributed by atoms with van der Waals surface area (Å²) in [7, 11) is 0. The van der Waals surface area contributed by atoms with Crippen LogP contribution in [0.25, 0.3) is 0 Å². The van der Waals surface area contributed by atoms with Gasteiger partial charge in [-0.2, -0.15) is 0 Å². The Bertz CT molecular complexity index is 309. The number of nitrogens with two attached hydrogens (primary N) is 1. The van der Waals surface area contributed by atoms with E-state index in [-0.39, 0.29) is 42.8 Å². The van der Waals surface area contributed by atoms with Crippen molar-refractivity contribution in [2.24, 2.45) is 11.7 Å². The number of halogens is 2. The Balaban J connectivity index is 0. The van der Waals surface area contributed by atoms with Gasteiger partial charge in [0.05, 0.1) is 6.04 Å². The number of hydrogen-bond donors (Lipinski definition) is 2. The van der Waals surface area contributed by atoms with Crippen molar-refractivity contribution in [2.75, 3.05) is 32.8 Å². The van der Waals surface area contributed by atoms with Crippen LogP contribution in [0.2, 0.25) is 0 Å². The monoisotopic (exact) mass is 371 g/mol. The van der Waals surface area contributed by atoms with Gasteiger partial charge >= 0.3 is 0 Å². The number of nitrogens with zero attached hydrogens (tertiary/aromatic N) is 1. The average Bonchev–Trinajstić information content (AvgIpc) is 2.46. The predicted octanol–water partition coefficient (Wildman–Crippen LogP) is 2.21. The lowest BCUT2D eigenvalue weighted by molar-refractivity contribution is -0.124. The molecule has 140 valence electrons. The second-order valence-corrected chi connectivity index (χ2v) is 6.13. The van der Waals surface area contributed by atoms with Gasteiger partial charge in [-0.25, -0.2) is 0 Å². The molecule has 0 saturated carbocycles. The summed E-state index contributed by atoms with van der Waals surface area (Å²) in [5.74, 6) is 0.488. The summed E-state index contributed by atoms with van der Waals surface area (Å²) in [6.45, 7) is 11.1. The summed E-state index contributed by atoms with van der Waals surface area (Å²) < 4.78 is 5.38. The zero-order valence-corrected chi connectivity index (χ0v) is 16.4. The molecule has 0 aromatic rings. The first-order valence-electron chi connectivity index (χ1n) is 8.44. The maximum Gasteiger partial charge on any atom is 0.237 e. The Hall–Kier alpha value is -0.0700. The number of amides is 1. The van der Waals surface area contributed by atoms with Crippen LogP contribution < -0.4 is 11.1 Å². The van der Waals surface area contributed by atoms with E-state index in [0.717, 1.165) is 58.5 Å². The molecule has 1 aliphatic heterocycles. The van der Waals surface area contributed by atoms with Crippen molar-refractivity contribution in [3.8, 4) is 0 Å². The Labute approximate surface area is 153 Å². The minimum absolute atomic E-state index is 0. The maximum absolute atomic E-state index is 12.0. The highest BCUT2D eigenvalue weighted by Gasteiger charge is 2.28. The zero-order chi connectivity index (χ0) is 15.7. The lowest BCUT2D eigenvalue weighted by Gasteiger charge is -2.37. The number of carbonyl (C=O) groups is 1. The molecule has 1 rings (SSSR count). The normalized spacial score (nSPS) is 22.6. The first-order valence-corrected chi connectivity index (χ1v) is 8.44. The molecule has 0 aliphatic carbocycles. The molecule has 0 aromatic heterocycles. The highest BCUT2D eigenvalue weighted by Crippen LogP contribution is 2.17. The third kappa shape index (κ3) is 9.72. The summed E-state index contributed by atoms with van der Waals surface area (Å²) in [5.41, 5.74) is 5.88. The van der Waals surface area contributed by atoms with Crippen molar-refractivity contribution < 1.29 is 9.53 Å². The van der Waals surface area contributed by atoms with E-state index < -0.39 is 0 Å². The van der Waals surface area contributed by atoms with Crippen LogP contribution in [0.1, 0.15) is 46.5 Å². The molecular formula is C16H35Cl2N3O2. The lowest BCUT2D eigenvalue weighted by Crippen LogP contribution is -2.53. The number of piperidine rings is 1. The SMILES string of the molecule is CCCC(N)C(=O)NC1CCN(CCCOCC)CC1C.Cl.Cl. The molecule has 0 bridgehead atoms. The standard InChI is InChI=1S/C16H33N3O2.2ClH/c1-4-7-14(17)16(20)18-15-8-10-19(12-13(15)3)9-6-11-21-5-2;;/h13-15H,4-12,17H2,1-3H3,(H,18,20);2*1H. The first-order chi connectivity index (χ1) is 10.1. The van der Waals surface area contributed by atoms with E-state index in [0.29, 0.717) is 5.92 Å². The molecule has 1 amide bonds. The quantitative estimate of drug-likeness (QED) is 0.609. The number of rotatable bonds is 9. The highest BCUT2D eigenvalue weighted by atomic mass is 35.5. The summed E-state index contributed by atoms with van der Waals surface area (Å²) in [6.07, 6.45) is 3.80. The summed E-state index contributed by atoms with van der Waals surface area (Å²) in [6, 6.07) is -0.0880. The largest absolute Gasteiger partial charge is 0.382 e. The molecule has 1 fully saturated rings. The zero-order valence-electron chi connectivity index (χ0n) is 14.8. The highest BCUT2D eigenvalue weighted by molar-refractivity contribution is 5.85. The molecule has 3 atom stereocenters. The molecule has 23 heavy (non-hydrogen) atoms. The van der Waals surface area contributed by atoms with E-state index in [2.05, 4.69) is 24.1 Å². The van der Waals surface area contributed by atoms with Gasteiger partial charge < -0.3 is 20.7 Å². The van der Waals surface area contributed by atoms with Crippen molar-refractivity contribution in [2.45, 2.75) is 58.5 Å². The third-order valence-electron chi connectivity index (χ3n) is 4.22. The number of ether oxygens (including phenoxy) is 1. The number of likely N-dealkylation sites (tertiary alicyclic amines) is 1. The van der Waals surface area contributed by atoms with E-state index in [1.165, 1.54) is 0 Å². The van der Waals surface area contributed by atoms with Crippen LogP contribution >= 0.6 is 24.8 Å². The Morgan fingerprint density at radius 1 is 1.39 bits per heavy atom. The Morgan fingerprint density at radius 3 is 2.65 bits per heavy atom. The topological polar surface area (TPSA) is 67.6 Å². The van der Waals surface area contributed by atoms with Crippen LogP contribution in [0, 0.1) is 5.92 Å². The van der Waals surface area contributed by atoms with Gasteiger partial charge in [0.1, 0.15) is 0 Å². The van der Waals surface area contributed by atoms with Crippen molar-refractivity contribution >= 4 is 30.7 Å². The average molecular weight is 372 g/mol. The Kier molecular flexibility index (Phi) is 15.6. The van der Waals surface area contributed by atoms with Gasteiger partial charge in [-0.1, -0.05) is 20.3 Å². The molecule has 5 nitrogen and oxygen atoms in total. The van der Waals surface area contributed by atoms with E-state index in [1.54, 1.807) is 0 Å². The molecule has 1 aliphatic rings. The van der Waals surface area contributed by atoms with E-state index >= 15 is 0 Å². The van der Waals surface area contributed by atoms with Crippen LogP contribution in [0.4, 0.5) is 0 Å². The van der Waals surface area contributed by atoms with Gasteiger partial charge in [0, 0.05) is 38.9 Å². The molecule has 7 heteroatoms. The molecule has 3 N–H and O–H groups in total. The molecule has 0 aromatic carbocycles. The van der Waals surface area contributed by atoms with Gasteiger partial charge in [0.2, 0.25) is 5.91 Å². The van der Waals surface area contributed by atoms with Crippen LogP contribution in [0.5, 0.6) is 0 Å². The maximum atomic E-state index is 12.0. The predicted molar refractivity (Wildman–Crippen MR) is 101 cm³/mol. The summed E-state index contributed by atoms with van der Waals surface area (Å²) >= 11 is 0. The van der Waals surface area contributed by atoms with Crippen LogP contribution in [0.15, 0.2) is 0 Å². The van der Waals surface area contributed by atoms with E-state index in [9.17, 15) is 4.79 Å². The van der Waals surface area contributed by atoms with Crippen molar-refractivity contribution in [3.05, 3.63) is 0 Å². The van der Waals surface area contributed by atoms with Gasteiger partial charge in [-0.3, -0.25) is 4.79 Å². The third-order valence-corrected chi connectivity index (χ3v) is 4.22. The second-order valence-electron chi connectivity index (χ2n) is 6.13. The fourth-order valence-electron chi connectivity index (χ4n) is 2.92. The minimum atomic E-state index is -0.355. The second kappa shape index (κ2) is 14.3.